The molecule has 2 N–H and O–H groups in total. The Morgan fingerprint density at radius 1 is 0.800 bits per heavy atom. The van der Waals surface area contributed by atoms with E-state index in [1.54, 1.807) is 6.92 Å². The van der Waals surface area contributed by atoms with Gasteiger partial charge in [-0.15, -0.1) is 0 Å². The van der Waals surface area contributed by atoms with E-state index in [2.05, 4.69) is 19.7 Å². The highest BCUT2D eigenvalue weighted by molar-refractivity contribution is 5.82. The van der Waals surface area contributed by atoms with Crippen molar-refractivity contribution in [1.82, 2.24) is 0 Å². The lowest BCUT2D eigenvalue weighted by molar-refractivity contribution is -0.156. The maximum absolute atomic E-state index is 11.2. The number of hydrogen-bond donors (Lipinski definition) is 2. The summed E-state index contributed by atoms with van der Waals surface area (Å²) in [5.74, 6) is -1.84. The molecule has 0 aromatic carbocycles. The van der Waals surface area contributed by atoms with Crippen molar-refractivity contribution < 1.29 is 38.8 Å². The zero-order valence-corrected chi connectivity index (χ0v) is 14.4. The minimum atomic E-state index is -0.837. The van der Waals surface area contributed by atoms with E-state index < -0.39 is 23.3 Å². The fraction of sp³-hybridized carbons (Fsp3) is 0.471. The number of aliphatic hydroxyl groups excluding tert-OH is 2. The first kappa shape index (κ1) is 24.8. The third-order valence-electron chi connectivity index (χ3n) is 2.91. The Morgan fingerprint density at radius 3 is 1.24 bits per heavy atom. The minimum absolute atomic E-state index is 0.0802. The maximum Gasteiger partial charge on any atom is 0.330 e. The van der Waals surface area contributed by atoms with E-state index in [1.807, 2.05) is 0 Å². The Morgan fingerprint density at radius 2 is 1.08 bits per heavy atom. The fourth-order valence-electron chi connectivity index (χ4n) is 1.28. The topological polar surface area (TPSA) is 119 Å². The van der Waals surface area contributed by atoms with E-state index in [-0.39, 0.29) is 33.0 Å². The van der Waals surface area contributed by atoms with Gasteiger partial charge in [0.1, 0.15) is 19.8 Å². The number of carbonyl (C=O) groups is 3. The Balaban J connectivity index is 0. The Hall–Kier alpha value is -2.45. The van der Waals surface area contributed by atoms with E-state index >= 15 is 0 Å². The van der Waals surface area contributed by atoms with Gasteiger partial charge in [0, 0.05) is 18.2 Å². The third-order valence-corrected chi connectivity index (χ3v) is 2.91. The summed E-state index contributed by atoms with van der Waals surface area (Å²) in [6.45, 7) is 11.2. The van der Waals surface area contributed by atoms with Crippen LogP contribution < -0.4 is 0 Å². The molecule has 0 saturated carbocycles. The smallest absolute Gasteiger partial charge is 0.330 e. The monoisotopic (exact) mass is 358 g/mol. The van der Waals surface area contributed by atoms with Gasteiger partial charge in [0.05, 0.1) is 18.6 Å². The summed E-state index contributed by atoms with van der Waals surface area (Å²) in [4.78, 5) is 33.5. The zero-order chi connectivity index (χ0) is 19.7. The molecule has 0 aliphatic rings. The molecule has 0 unspecified atom stereocenters. The van der Waals surface area contributed by atoms with Crippen LogP contribution in [-0.4, -0.2) is 61.2 Å². The van der Waals surface area contributed by atoms with Gasteiger partial charge in [0.25, 0.3) is 0 Å². The van der Waals surface area contributed by atoms with Gasteiger partial charge in [-0.2, -0.15) is 0 Å². The Labute approximate surface area is 147 Å². The van der Waals surface area contributed by atoms with Crippen LogP contribution >= 0.6 is 0 Å². The first-order valence-corrected chi connectivity index (χ1v) is 7.44. The van der Waals surface area contributed by atoms with Crippen LogP contribution in [-0.2, 0) is 28.6 Å². The summed E-state index contributed by atoms with van der Waals surface area (Å²) in [5, 5.41) is 15.2. The molecule has 0 aliphatic heterocycles. The first-order valence-electron chi connectivity index (χ1n) is 7.44. The van der Waals surface area contributed by atoms with Crippen molar-refractivity contribution in [3.63, 3.8) is 0 Å². The largest absolute Gasteiger partial charge is 0.462 e. The lowest BCUT2D eigenvalue weighted by Crippen LogP contribution is -2.38. The minimum Gasteiger partial charge on any atom is -0.462 e. The van der Waals surface area contributed by atoms with Gasteiger partial charge in [-0.3, -0.25) is 0 Å². The van der Waals surface area contributed by atoms with Gasteiger partial charge in [0.2, 0.25) is 0 Å². The van der Waals surface area contributed by atoms with Gasteiger partial charge < -0.3 is 24.4 Å². The van der Waals surface area contributed by atoms with E-state index in [0.29, 0.717) is 6.42 Å². The van der Waals surface area contributed by atoms with Gasteiger partial charge in [0.15, 0.2) is 0 Å². The van der Waals surface area contributed by atoms with Crippen LogP contribution in [0.2, 0.25) is 0 Å². The van der Waals surface area contributed by atoms with Crippen LogP contribution in [0.4, 0.5) is 0 Å². The van der Waals surface area contributed by atoms with E-state index in [9.17, 15) is 14.4 Å². The summed E-state index contributed by atoms with van der Waals surface area (Å²) in [7, 11) is 0. The second-order valence-corrected chi connectivity index (χ2v) is 4.74. The summed E-state index contributed by atoms with van der Waals surface area (Å²) in [6.07, 6.45) is 3.51. The Kier molecular flexibility index (Phi) is 15.0. The molecule has 0 heterocycles. The lowest BCUT2D eigenvalue weighted by Gasteiger charge is -2.30. The normalized spacial score (nSPS) is 9.72. The summed E-state index contributed by atoms with van der Waals surface area (Å²) >= 11 is 0. The molecule has 0 saturated heterocycles. The number of rotatable bonds is 11. The quantitative estimate of drug-likeness (QED) is 0.312. The number of hydrogen-bond acceptors (Lipinski definition) is 8. The van der Waals surface area contributed by atoms with Crippen molar-refractivity contribution in [2.45, 2.75) is 13.3 Å². The SMILES string of the molecule is C=CC(=O)OCC(CC)(COC(=O)C=C)COC(=O)C=C.OCCO. The summed E-state index contributed by atoms with van der Waals surface area (Å²) < 4.78 is 15.0. The highest BCUT2D eigenvalue weighted by Gasteiger charge is 2.33. The molecule has 0 radical (unpaired) electrons. The molecule has 8 heteroatoms. The molecule has 0 amide bonds. The highest BCUT2D eigenvalue weighted by Crippen LogP contribution is 2.24. The number of aliphatic hydroxyl groups is 2. The second kappa shape index (κ2) is 15.1. The van der Waals surface area contributed by atoms with Gasteiger partial charge in [-0.25, -0.2) is 14.4 Å². The van der Waals surface area contributed by atoms with Crippen molar-refractivity contribution in [2.75, 3.05) is 33.0 Å². The number of esters is 3. The average molecular weight is 358 g/mol. The second-order valence-electron chi connectivity index (χ2n) is 4.74. The van der Waals surface area contributed by atoms with Crippen LogP contribution in [0.1, 0.15) is 13.3 Å². The molecular formula is C17H26O8. The number of ether oxygens (including phenoxy) is 3. The van der Waals surface area contributed by atoms with Crippen LogP contribution in [0.25, 0.3) is 0 Å². The zero-order valence-electron chi connectivity index (χ0n) is 14.4. The third kappa shape index (κ3) is 12.6. The molecule has 25 heavy (non-hydrogen) atoms. The van der Waals surface area contributed by atoms with Gasteiger partial charge >= 0.3 is 17.9 Å². The molecule has 0 aromatic rings. The summed E-state index contributed by atoms with van der Waals surface area (Å²) in [5.41, 5.74) is -0.837. The average Bonchev–Trinajstić information content (AvgIpc) is 2.66. The molecule has 0 aromatic heterocycles. The van der Waals surface area contributed by atoms with Crippen molar-refractivity contribution in [3.8, 4) is 0 Å². The van der Waals surface area contributed by atoms with Crippen molar-refractivity contribution in [2.24, 2.45) is 5.41 Å². The van der Waals surface area contributed by atoms with Crippen molar-refractivity contribution in [3.05, 3.63) is 38.0 Å². The standard InChI is InChI=1S/C15H20O6.C2H6O2/c1-5-12(16)19-9-15(8-4,10-20-13(17)6-2)11-21-14(18)7-3;3-1-2-4/h5-7H,1-3,8-11H2,4H3;3-4H,1-2H2. The Bertz CT molecular complexity index is 394. The lowest BCUT2D eigenvalue weighted by atomic mass is 9.88. The van der Waals surface area contributed by atoms with Gasteiger partial charge in [-0.1, -0.05) is 26.7 Å². The highest BCUT2D eigenvalue weighted by atomic mass is 16.6. The maximum atomic E-state index is 11.2. The number of carbonyl (C=O) groups excluding carboxylic acids is 3. The van der Waals surface area contributed by atoms with E-state index in [0.717, 1.165) is 18.2 Å². The molecule has 0 rings (SSSR count). The van der Waals surface area contributed by atoms with Crippen LogP contribution in [0.15, 0.2) is 38.0 Å². The fourth-order valence-corrected chi connectivity index (χ4v) is 1.28. The van der Waals surface area contributed by atoms with E-state index in [1.165, 1.54) is 0 Å². The molecular weight excluding hydrogens is 332 g/mol. The molecule has 0 atom stereocenters. The molecule has 142 valence electrons. The van der Waals surface area contributed by atoms with Crippen molar-refractivity contribution in [1.29, 1.82) is 0 Å². The predicted molar refractivity (Wildman–Crippen MR) is 90.4 cm³/mol. The van der Waals surface area contributed by atoms with Gasteiger partial charge in [-0.05, 0) is 6.42 Å². The van der Waals surface area contributed by atoms with Crippen molar-refractivity contribution >= 4 is 17.9 Å². The molecule has 0 aliphatic carbocycles. The summed E-state index contributed by atoms with van der Waals surface area (Å²) in [6, 6.07) is 0. The predicted octanol–water partition coefficient (Wildman–Crippen LogP) is 0.541. The first-order chi connectivity index (χ1) is 11.8. The molecule has 0 spiro atoms. The van der Waals surface area contributed by atoms with Crippen LogP contribution in [0.3, 0.4) is 0 Å². The van der Waals surface area contributed by atoms with Crippen LogP contribution in [0, 0.1) is 5.41 Å². The van der Waals surface area contributed by atoms with Crippen LogP contribution in [0.5, 0.6) is 0 Å². The van der Waals surface area contributed by atoms with E-state index in [4.69, 9.17) is 24.4 Å². The molecule has 0 bridgehead atoms. The molecule has 8 nitrogen and oxygen atoms in total. The molecule has 0 fully saturated rings.